The highest BCUT2D eigenvalue weighted by Crippen LogP contribution is 2.28. The molecule has 2 nitrogen and oxygen atoms in total. The SMILES string of the molecule is CCCOc1ccc(C(NCC)c2csc(I)c2)cc1. The molecule has 1 aromatic heterocycles. The second kappa shape index (κ2) is 8.00. The zero-order chi connectivity index (χ0) is 14.4. The van der Waals surface area contributed by atoms with Crippen LogP contribution in [0.1, 0.15) is 37.4 Å². The van der Waals surface area contributed by atoms with Gasteiger partial charge in [0.05, 0.1) is 15.5 Å². The first-order chi connectivity index (χ1) is 9.74. The molecule has 0 saturated carbocycles. The minimum Gasteiger partial charge on any atom is -0.494 e. The molecule has 1 heterocycles. The zero-order valence-corrected chi connectivity index (χ0v) is 14.8. The summed E-state index contributed by atoms with van der Waals surface area (Å²) in [5, 5.41) is 5.79. The van der Waals surface area contributed by atoms with Gasteiger partial charge in [-0.15, -0.1) is 11.3 Å². The Balaban J connectivity index is 2.17. The molecule has 0 saturated heterocycles. The van der Waals surface area contributed by atoms with Crippen LogP contribution < -0.4 is 10.1 Å². The van der Waals surface area contributed by atoms with Gasteiger partial charge in [0.1, 0.15) is 5.75 Å². The van der Waals surface area contributed by atoms with Gasteiger partial charge in [0.15, 0.2) is 0 Å². The van der Waals surface area contributed by atoms with E-state index in [1.54, 1.807) is 11.3 Å². The van der Waals surface area contributed by atoms with Crippen LogP contribution in [-0.2, 0) is 0 Å². The van der Waals surface area contributed by atoms with Crippen LogP contribution in [0.4, 0.5) is 0 Å². The third-order valence-electron chi connectivity index (χ3n) is 3.02. The minimum absolute atomic E-state index is 0.264. The topological polar surface area (TPSA) is 21.3 Å². The van der Waals surface area contributed by atoms with Crippen molar-refractivity contribution in [1.29, 1.82) is 0 Å². The van der Waals surface area contributed by atoms with Crippen molar-refractivity contribution in [3.8, 4) is 5.75 Å². The summed E-state index contributed by atoms with van der Waals surface area (Å²) in [4.78, 5) is 0. The summed E-state index contributed by atoms with van der Waals surface area (Å²) < 4.78 is 6.96. The van der Waals surface area contributed by atoms with Crippen LogP contribution in [-0.4, -0.2) is 13.2 Å². The predicted octanol–water partition coefficient (Wildman–Crippen LogP) is 4.84. The Morgan fingerprint density at radius 3 is 2.50 bits per heavy atom. The number of rotatable bonds is 7. The molecule has 0 aliphatic heterocycles. The van der Waals surface area contributed by atoms with Crippen molar-refractivity contribution >= 4 is 33.9 Å². The highest BCUT2D eigenvalue weighted by molar-refractivity contribution is 14.1. The van der Waals surface area contributed by atoms with E-state index in [0.29, 0.717) is 0 Å². The van der Waals surface area contributed by atoms with E-state index in [-0.39, 0.29) is 6.04 Å². The molecule has 1 N–H and O–H groups in total. The molecule has 4 heteroatoms. The van der Waals surface area contributed by atoms with Gasteiger partial charge in [0, 0.05) is 0 Å². The van der Waals surface area contributed by atoms with Crippen LogP contribution in [0.5, 0.6) is 5.75 Å². The summed E-state index contributed by atoms with van der Waals surface area (Å²) in [6, 6.07) is 10.9. The molecule has 0 fully saturated rings. The van der Waals surface area contributed by atoms with Crippen LogP contribution >= 0.6 is 33.9 Å². The molecule has 2 aromatic rings. The van der Waals surface area contributed by atoms with Gasteiger partial charge in [0.2, 0.25) is 0 Å². The van der Waals surface area contributed by atoms with Crippen LogP contribution in [0.2, 0.25) is 0 Å². The molecule has 0 spiro atoms. The highest BCUT2D eigenvalue weighted by Gasteiger charge is 2.14. The van der Waals surface area contributed by atoms with E-state index in [0.717, 1.165) is 25.3 Å². The number of nitrogens with one attached hydrogen (secondary N) is 1. The Hall–Kier alpha value is -0.590. The number of ether oxygens (including phenoxy) is 1. The second-order valence-electron chi connectivity index (χ2n) is 4.59. The average molecular weight is 401 g/mol. The number of hydrogen-bond acceptors (Lipinski definition) is 3. The zero-order valence-electron chi connectivity index (χ0n) is 11.9. The van der Waals surface area contributed by atoms with E-state index in [4.69, 9.17) is 4.74 Å². The van der Waals surface area contributed by atoms with Crippen molar-refractivity contribution < 1.29 is 4.74 Å². The standard InChI is InChI=1S/C16H20INOS/c1-3-9-19-14-7-5-12(6-8-14)16(18-4-2)13-10-15(17)20-11-13/h5-8,10-11,16,18H,3-4,9H2,1-2H3. The van der Waals surface area contributed by atoms with Crippen LogP contribution in [0, 0.1) is 2.88 Å². The molecule has 0 amide bonds. The smallest absolute Gasteiger partial charge is 0.119 e. The summed E-state index contributed by atoms with van der Waals surface area (Å²) in [7, 11) is 0. The van der Waals surface area contributed by atoms with Gasteiger partial charge in [0.25, 0.3) is 0 Å². The van der Waals surface area contributed by atoms with E-state index >= 15 is 0 Å². The van der Waals surface area contributed by atoms with Crippen molar-refractivity contribution in [2.45, 2.75) is 26.3 Å². The van der Waals surface area contributed by atoms with Gasteiger partial charge >= 0.3 is 0 Å². The normalized spacial score (nSPS) is 12.3. The lowest BCUT2D eigenvalue weighted by Crippen LogP contribution is -2.21. The Labute approximate surface area is 138 Å². The Kier molecular flexibility index (Phi) is 6.32. The van der Waals surface area contributed by atoms with Crippen molar-refractivity contribution in [2.24, 2.45) is 0 Å². The third kappa shape index (κ3) is 4.20. The van der Waals surface area contributed by atoms with Gasteiger partial charge in [-0.05, 0) is 70.3 Å². The van der Waals surface area contributed by atoms with E-state index in [1.165, 1.54) is 14.0 Å². The molecule has 2 rings (SSSR count). The first-order valence-corrected chi connectivity index (χ1v) is 8.90. The number of hydrogen-bond donors (Lipinski definition) is 1. The van der Waals surface area contributed by atoms with E-state index in [1.807, 2.05) is 0 Å². The highest BCUT2D eigenvalue weighted by atomic mass is 127. The lowest BCUT2D eigenvalue weighted by molar-refractivity contribution is 0.317. The number of halogens is 1. The van der Waals surface area contributed by atoms with E-state index in [9.17, 15) is 0 Å². The molecule has 0 bridgehead atoms. The second-order valence-corrected chi connectivity index (χ2v) is 7.40. The molecule has 20 heavy (non-hydrogen) atoms. The molecular formula is C16H20INOS. The fourth-order valence-corrected chi connectivity index (χ4v) is 3.48. The van der Waals surface area contributed by atoms with Gasteiger partial charge in [-0.2, -0.15) is 0 Å². The molecule has 0 aliphatic carbocycles. The maximum atomic E-state index is 5.64. The van der Waals surface area contributed by atoms with E-state index < -0.39 is 0 Å². The maximum Gasteiger partial charge on any atom is 0.119 e. The summed E-state index contributed by atoms with van der Waals surface area (Å²) in [5.74, 6) is 0.950. The Morgan fingerprint density at radius 1 is 1.20 bits per heavy atom. The van der Waals surface area contributed by atoms with Crippen LogP contribution in [0.3, 0.4) is 0 Å². The van der Waals surface area contributed by atoms with Gasteiger partial charge in [-0.1, -0.05) is 26.0 Å². The molecule has 1 aromatic carbocycles. The lowest BCUT2D eigenvalue weighted by atomic mass is 10.0. The fraction of sp³-hybridized carbons (Fsp3) is 0.375. The maximum absolute atomic E-state index is 5.64. The van der Waals surface area contributed by atoms with Gasteiger partial charge in [-0.3, -0.25) is 0 Å². The number of thiophene rings is 1. The van der Waals surface area contributed by atoms with Crippen molar-refractivity contribution in [2.75, 3.05) is 13.2 Å². The molecule has 108 valence electrons. The summed E-state index contributed by atoms with van der Waals surface area (Å²) in [6.07, 6.45) is 1.04. The quantitative estimate of drug-likeness (QED) is 0.671. The Morgan fingerprint density at radius 2 is 1.95 bits per heavy atom. The Bertz CT molecular complexity index is 524. The lowest BCUT2D eigenvalue weighted by Gasteiger charge is -2.18. The largest absolute Gasteiger partial charge is 0.494 e. The van der Waals surface area contributed by atoms with Gasteiger partial charge < -0.3 is 10.1 Å². The van der Waals surface area contributed by atoms with Crippen LogP contribution in [0.25, 0.3) is 0 Å². The molecule has 0 aliphatic rings. The first kappa shape index (κ1) is 15.8. The fourth-order valence-electron chi connectivity index (χ4n) is 2.08. The van der Waals surface area contributed by atoms with Crippen molar-refractivity contribution in [3.63, 3.8) is 0 Å². The minimum atomic E-state index is 0.264. The summed E-state index contributed by atoms with van der Waals surface area (Å²) >= 11 is 4.16. The molecule has 0 radical (unpaired) electrons. The average Bonchev–Trinajstić information content (AvgIpc) is 2.89. The van der Waals surface area contributed by atoms with Gasteiger partial charge in [-0.25, -0.2) is 0 Å². The van der Waals surface area contributed by atoms with Crippen LogP contribution in [0.15, 0.2) is 35.7 Å². The van der Waals surface area contributed by atoms with Crippen molar-refractivity contribution in [1.82, 2.24) is 5.32 Å². The molecular weight excluding hydrogens is 381 g/mol. The summed E-state index contributed by atoms with van der Waals surface area (Å²) in [6.45, 7) is 5.99. The molecule has 1 unspecified atom stereocenters. The summed E-state index contributed by atoms with van der Waals surface area (Å²) in [5.41, 5.74) is 2.62. The molecule has 1 atom stereocenters. The predicted molar refractivity (Wildman–Crippen MR) is 94.8 cm³/mol. The number of benzene rings is 1. The van der Waals surface area contributed by atoms with E-state index in [2.05, 4.69) is 77.5 Å². The van der Waals surface area contributed by atoms with Crippen molar-refractivity contribution in [3.05, 3.63) is 49.7 Å². The monoisotopic (exact) mass is 401 g/mol. The first-order valence-electron chi connectivity index (χ1n) is 6.94. The third-order valence-corrected chi connectivity index (χ3v) is 4.82.